The molecule has 1 atom stereocenters. The minimum absolute atomic E-state index is 0.0650. The van der Waals surface area contributed by atoms with Gasteiger partial charge in [0.05, 0.1) is 24.8 Å². The Kier molecular flexibility index (Phi) is 4.98. The average molecular weight is 330 g/mol. The van der Waals surface area contributed by atoms with E-state index in [1.54, 1.807) is 34.0 Å². The molecule has 1 aliphatic rings. The number of para-hydroxylation sites is 2. The molecule has 1 aliphatic heterocycles. The van der Waals surface area contributed by atoms with Gasteiger partial charge in [0, 0.05) is 14.1 Å². The molecule has 24 heavy (non-hydrogen) atoms. The van der Waals surface area contributed by atoms with Crippen molar-refractivity contribution in [2.75, 3.05) is 32.1 Å². The van der Waals surface area contributed by atoms with Gasteiger partial charge in [0.25, 0.3) is 5.91 Å². The van der Waals surface area contributed by atoms with Gasteiger partial charge in [-0.1, -0.05) is 12.1 Å². The molecule has 7 nitrogen and oxygen atoms in total. The Balaban J connectivity index is 2.24. The number of nitrogens with zero attached hydrogens (tertiary/aromatic N) is 3. The van der Waals surface area contributed by atoms with E-state index >= 15 is 0 Å². The van der Waals surface area contributed by atoms with Gasteiger partial charge in [0.2, 0.25) is 5.91 Å². The molecule has 1 heterocycles. The molecule has 0 unspecified atom stereocenters. The first-order valence-electron chi connectivity index (χ1n) is 7.70. The zero-order valence-corrected chi connectivity index (χ0v) is 14.4. The molecule has 0 saturated heterocycles. The van der Waals surface area contributed by atoms with E-state index in [1.807, 2.05) is 23.1 Å². The molecule has 1 aromatic rings. The van der Waals surface area contributed by atoms with Crippen molar-refractivity contribution in [3.8, 4) is 11.8 Å². The van der Waals surface area contributed by atoms with Crippen LogP contribution in [-0.2, 0) is 9.59 Å². The number of nitrogens with one attached hydrogen (secondary N) is 1. The number of ether oxygens (including phenoxy) is 1. The monoisotopic (exact) mass is 330 g/mol. The molecule has 0 fully saturated rings. The number of likely N-dealkylation sites (N-methyl/N-ethyl adjacent to an activating group) is 2. The predicted molar refractivity (Wildman–Crippen MR) is 89.6 cm³/mol. The van der Waals surface area contributed by atoms with Crippen molar-refractivity contribution in [2.24, 2.45) is 0 Å². The van der Waals surface area contributed by atoms with Crippen molar-refractivity contribution in [2.45, 2.75) is 25.5 Å². The number of fused-ring (bicyclic) bond motifs is 1. The third-order valence-electron chi connectivity index (χ3n) is 4.21. The second-order valence-electron chi connectivity index (χ2n) is 6.19. The van der Waals surface area contributed by atoms with Crippen LogP contribution in [0.3, 0.4) is 0 Å². The minimum atomic E-state index is -0.900. The standard InChI is InChI=1S/C17H22N4O3/c1-17(2,11-18)20(4)15(22)10-21-9-14(16(23)19-3)24-13-8-6-5-7-12(13)21/h5-8,14H,9-10H2,1-4H3,(H,19,23)/t14-/m0/s1. The van der Waals surface area contributed by atoms with Gasteiger partial charge in [-0.25, -0.2) is 0 Å². The summed E-state index contributed by atoms with van der Waals surface area (Å²) in [4.78, 5) is 27.7. The smallest absolute Gasteiger partial charge is 0.262 e. The molecule has 7 heteroatoms. The van der Waals surface area contributed by atoms with Crippen molar-refractivity contribution in [3.63, 3.8) is 0 Å². The van der Waals surface area contributed by atoms with E-state index in [4.69, 9.17) is 4.74 Å². The quantitative estimate of drug-likeness (QED) is 0.881. The number of benzene rings is 1. The van der Waals surface area contributed by atoms with Gasteiger partial charge in [0.1, 0.15) is 11.3 Å². The van der Waals surface area contributed by atoms with Crippen LogP contribution in [0, 0.1) is 11.3 Å². The van der Waals surface area contributed by atoms with Gasteiger partial charge in [-0.2, -0.15) is 5.26 Å². The summed E-state index contributed by atoms with van der Waals surface area (Å²) in [5.41, 5.74) is -0.141. The zero-order valence-electron chi connectivity index (χ0n) is 14.4. The summed E-state index contributed by atoms with van der Waals surface area (Å²) in [6, 6.07) is 9.39. The van der Waals surface area contributed by atoms with E-state index in [-0.39, 0.29) is 24.9 Å². The molecule has 2 rings (SSSR count). The molecule has 0 aliphatic carbocycles. The number of carbonyl (C=O) groups excluding carboxylic acids is 2. The average Bonchev–Trinajstić information content (AvgIpc) is 2.59. The topological polar surface area (TPSA) is 85.7 Å². The SMILES string of the molecule is CNC(=O)[C@@H]1CN(CC(=O)N(C)C(C)(C)C#N)c2ccccc2O1. The Morgan fingerprint density at radius 3 is 2.75 bits per heavy atom. The molecule has 2 amide bonds. The summed E-state index contributed by atoms with van der Waals surface area (Å²) >= 11 is 0. The van der Waals surface area contributed by atoms with Gasteiger partial charge in [-0.3, -0.25) is 9.59 Å². The van der Waals surface area contributed by atoms with E-state index in [9.17, 15) is 14.9 Å². The van der Waals surface area contributed by atoms with Crippen molar-refractivity contribution in [1.29, 1.82) is 5.26 Å². The molecule has 0 spiro atoms. The second-order valence-corrected chi connectivity index (χ2v) is 6.19. The molecule has 128 valence electrons. The minimum Gasteiger partial charge on any atom is -0.477 e. The Bertz CT molecular complexity index is 681. The van der Waals surface area contributed by atoms with Crippen LogP contribution in [0.25, 0.3) is 0 Å². The summed E-state index contributed by atoms with van der Waals surface area (Å²) in [6.45, 7) is 3.70. The van der Waals surface area contributed by atoms with Crippen LogP contribution in [0.1, 0.15) is 13.8 Å². The van der Waals surface area contributed by atoms with Gasteiger partial charge in [-0.05, 0) is 26.0 Å². The van der Waals surface area contributed by atoms with Crippen molar-refractivity contribution in [3.05, 3.63) is 24.3 Å². The van der Waals surface area contributed by atoms with Crippen molar-refractivity contribution >= 4 is 17.5 Å². The molecule has 0 saturated carbocycles. The highest BCUT2D eigenvalue weighted by atomic mass is 16.5. The first-order chi connectivity index (χ1) is 11.3. The normalized spacial score (nSPS) is 16.5. The van der Waals surface area contributed by atoms with Gasteiger partial charge < -0.3 is 19.9 Å². The van der Waals surface area contributed by atoms with Crippen molar-refractivity contribution < 1.29 is 14.3 Å². The zero-order chi connectivity index (χ0) is 17.9. The largest absolute Gasteiger partial charge is 0.477 e. The fourth-order valence-electron chi connectivity index (χ4n) is 2.41. The van der Waals surface area contributed by atoms with Crippen LogP contribution < -0.4 is 15.0 Å². The van der Waals surface area contributed by atoms with E-state index in [0.29, 0.717) is 5.75 Å². The van der Waals surface area contributed by atoms with E-state index in [0.717, 1.165) is 5.69 Å². The fourth-order valence-corrected chi connectivity index (χ4v) is 2.41. The first kappa shape index (κ1) is 17.6. The fraction of sp³-hybridized carbons (Fsp3) is 0.471. The van der Waals surface area contributed by atoms with Crippen LogP contribution in [0.5, 0.6) is 5.75 Å². The number of hydrogen-bond acceptors (Lipinski definition) is 5. The maximum atomic E-state index is 12.6. The lowest BCUT2D eigenvalue weighted by atomic mass is 10.1. The summed E-state index contributed by atoms with van der Waals surface area (Å²) in [6.07, 6.45) is -0.688. The highest BCUT2D eigenvalue weighted by molar-refractivity contribution is 5.86. The predicted octanol–water partition coefficient (Wildman–Crippen LogP) is 0.761. The third-order valence-corrected chi connectivity index (χ3v) is 4.21. The summed E-state index contributed by atoms with van der Waals surface area (Å²) in [5, 5.41) is 11.8. The number of amides is 2. The highest BCUT2D eigenvalue weighted by Crippen LogP contribution is 2.33. The molecule has 1 N–H and O–H groups in total. The van der Waals surface area contributed by atoms with E-state index in [1.165, 1.54) is 4.90 Å². The Morgan fingerprint density at radius 1 is 1.46 bits per heavy atom. The number of rotatable bonds is 4. The van der Waals surface area contributed by atoms with Crippen molar-refractivity contribution in [1.82, 2.24) is 10.2 Å². The Morgan fingerprint density at radius 2 is 2.12 bits per heavy atom. The van der Waals surface area contributed by atoms with Gasteiger partial charge >= 0.3 is 0 Å². The van der Waals surface area contributed by atoms with Crippen LogP contribution in [0.4, 0.5) is 5.69 Å². The van der Waals surface area contributed by atoms with Crippen LogP contribution in [-0.4, -0.2) is 55.5 Å². The lowest BCUT2D eigenvalue weighted by Gasteiger charge is -2.37. The summed E-state index contributed by atoms with van der Waals surface area (Å²) in [5.74, 6) is 0.119. The lowest BCUT2D eigenvalue weighted by molar-refractivity contribution is -0.132. The van der Waals surface area contributed by atoms with Gasteiger partial charge in [0.15, 0.2) is 6.10 Å². The Labute approximate surface area is 141 Å². The van der Waals surface area contributed by atoms with Crippen LogP contribution in [0.15, 0.2) is 24.3 Å². The number of nitriles is 1. The molecule has 1 aromatic carbocycles. The second kappa shape index (κ2) is 6.79. The molecule has 0 aromatic heterocycles. The molecular weight excluding hydrogens is 308 g/mol. The van der Waals surface area contributed by atoms with E-state index in [2.05, 4.69) is 11.4 Å². The molecule has 0 bridgehead atoms. The maximum Gasteiger partial charge on any atom is 0.262 e. The number of hydrogen-bond donors (Lipinski definition) is 1. The first-order valence-corrected chi connectivity index (χ1v) is 7.70. The summed E-state index contributed by atoms with van der Waals surface area (Å²) < 4.78 is 5.71. The highest BCUT2D eigenvalue weighted by Gasteiger charge is 2.33. The van der Waals surface area contributed by atoms with Crippen LogP contribution >= 0.6 is 0 Å². The van der Waals surface area contributed by atoms with Crippen LogP contribution in [0.2, 0.25) is 0 Å². The van der Waals surface area contributed by atoms with Gasteiger partial charge in [-0.15, -0.1) is 0 Å². The number of anilines is 1. The molecular formula is C17H22N4O3. The van der Waals surface area contributed by atoms with E-state index < -0.39 is 11.6 Å². The number of carbonyl (C=O) groups is 2. The maximum absolute atomic E-state index is 12.6. The Hall–Kier alpha value is -2.75. The summed E-state index contributed by atoms with van der Waals surface area (Å²) in [7, 11) is 3.15. The molecule has 0 radical (unpaired) electrons. The lowest BCUT2D eigenvalue weighted by Crippen LogP contribution is -2.53. The third kappa shape index (κ3) is 3.43.